The van der Waals surface area contributed by atoms with Gasteiger partial charge in [0, 0.05) is 16.4 Å². The van der Waals surface area contributed by atoms with Gasteiger partial charge in [0.2, 0.25) is 15.9 Å². The van der Waals surface area contributed by atoms with Crippen LogP contribution in [0.1, 0.15) is 20.3 Å². The summed E-state index contributed by atoms with van der Waals surface area (Å²) in [4.78, 5) is 11.0. The van der Waals surface area contributed by atoms with Crippen LogP contribution in [0.5, 0.6) is 0 Å². The molecule has 0 bridgehead atoms. The van der Waals surface area contributed by atoms with Gasteiger partial charge in [0.25, 0.3) is 0 Å². The van der Waals surface area contributed by atoms with Crippen LogP contribution in [0.2, 0.25) is 0 Å². The molecule has 0 aliphatic rings. The van der Waals surface area contributed by atoms with Crippen LogP contribution < -0.4 is 10.5 Å². The topological polar surface area (TPSA) is 89.3 Å². The molecule has 0 aliphatic carbocycles. The Morgan fingerprint density at radius 2 is 1.94 bits per heavy atom. The molecule has 0 saturated heterocycles. The van der Waals surface area contributed by atoms with Gasteiger partial charge < -0.3 is 5.73 Å². The minimum Gasteiger partial charge on any atom is -0.370 e. The first kappa shape index (κ1) is 15.1. The van der Waals surface area contributed by atoms with Crippen molar-refractivity contribution in [2.24, 2.45) is 5.73 Å². The van der Waals surface area contributed by atoms with Crippen LogP contribution in [0.25, 0.3) is 0 Å². The number of benzene rings is 1. The van der Waals surface area contributed by atoms with Crippen molar-refractivity contribution < 1.29 is 13.2 Å². The molecule has 1 aromatic rings. The fourth-order valence-electron chi connectivity index (χ4n) is 1.55. The first-order valence-corrected chi connectivity index (χ1v) is 7.48. The molecule has 1 rings (SSSR count). The predicted molar refractivity (Wildman–Crippen MR) is 72.4 cm³/mol. The second kappa shape index (κ2) is 5.38. The summed E-state index contributed by atoms with van der Waals surface area (Å²) in [5.74, 6) is -0.560. The fourth-order valence-corrected chi connectivity index (χ4v) is 3.97. The van der Waals surface area contributed by atoms with Gasteiger partial charge >= 0.3 is 0 Å². The summed E-state index contributed by atoms with van der Waals surface area (Å²) in [5, 5.41) is 0. The van der Waals surface area contributed by atoms with E-state index in [2.05, 4.69) is 20.7 Å². The number of sulfonamides is 1. The Bertz CT molecular complexity index is 555. The van der Waals surface area contributed by atoms with Gasteiger partial charge in [0.05, 0.1) is 4.90 Å². The maximum absolute atomic E-state index is 12.2. The van der Waals surface area contributed by atoms with Gasteiger partial charge in [-0.25, -0.2) is 13.1 Å². The van der Waals surface area contributed by atoms with Gasteiger partial charge in [-0.3, -0.25) is 4.79 Å². The number of primary amides is 1. The minimum atomic E-state index is -3.70. The first-order valence-electron chi connectivity index (χ1n) is 5.21. The molecule has 0 unspecified atom stereocenters. The zero-order valence-corrected chi connectivity index (χ0v) is 12.5. The second-order valence-corrected chi connectivity index (χ2v) is 7.07. The molecule has 0 aliphatic heterocycles. The summed E-state index contributed by atoms with van der Waals surface area (Å²) in [5.41, 5.74) is 4.15. The van der Waals surface area contributed by atoms with Crippen LogP contribution in [0, 0.1) is 0 Å². The molecule has 3 N–H and O–H groups in total. The lowest BCUT2D eigenvalue weighted by Gasteiger charge is -2.24. The van der Waals surface area contributed by atoms with E-state index in [1.807, 2.05) is 0 Å². The summed E-state index contributed by atoms with van der Waals surface area (Å²) >= 11 is 3.18. The van der Waals surface area contributed by atoms with E-state index in [1.54, 1.807) is 32.0 Å². The van der Waals surface area contributed by atoms with Gasteiger partial charge in [-0.05, 0) is 41.9 Å². The van der Waals surface area contributed by atoms with Gasteiger partial charge in [-0.2, -0.15) is 0 Å². The third-order valence-corrected chi connectivity index (χ3v) is 4.86. The van der Waals surface area contributed by atoms with Crippen molar-refractivity contribution in [1.82, 2.24) is 4.72 Å². The predicted octanol–water partition coefficient (Wildman–Crippen LogP) is 1.38. The van der Waals surface area contributed by atoms with Crippen molar-refractivity contribution in [3.05, 3.63) is 28.7 Å². The van der Waals surface area contributed by atoms with Crippen molar-refractivity contribution in [3.63, 3.8) is 0 Å². The molecule has 0 spiro atoms. The highest BCUT2D eigenvalue weighted by Crippen LogP contribution is 2.23. The first-order chi connectivity index (χ1) is 8.14. The third-order valence-electron chi connectivity index (χ3n) is 2.15. The lowest BCUT2D eigenvalue weighted by molar-refractivity contribution is -0.119. The normalized spacial score (nSPS) is 12.4. The molecule has 1 amide bonds. The number of nitrogens with one attached hydrogen (secondary N) is 1. The number of halogens is 1. The van der Waals surface area contributed by atoms with E-state index < -0.39 is 21.5 Å². The zero-order chi connectivity index (χ0) is 14.0. The van der Waals surface area contributed by atoms with Crippen LogP contribution >= 0.6 is 15.9 Å². The summed E-state index contributed by atoms with van der Waals surface area (Å²) in [6.07, 6.45) is -0.0727. The summed E-state index contributed by atoms with van der Waals surface area (Å²) < 4.78 is 27.2. The van der Waals surface area contributed by atoms with E-state index in [-0.39, 0.29) is 11.3 Å². The fraction of sp³-hybridized carbons (Fsp3) is 0.364. The number of hydrogen-bond acceptors (Lipinski definition) is 3. The monoisotopic (exact) mass is 334 g/mol. The van der Waals surface area contributed by atoms with Crippen molar-refractivity contribution in [3.8, 4) is 0 Å². The van der Waals surface area contributed by atoms with E-state index in [4.69, 9.17) is 5.73 Å². The summed E-state index contributed by atoms with van der Waals surface area (Å²) in [6, 6.07) is 6.46. The van der Waals surface area contributed by atoms with E-state index in [0.29, 0.717) is 4.47 Å². The summed E-state index contributed by atoms with van der Waals surface area (Å²) in [6.45, 7) is 3.21. The third kappa shape index (κ3) is 4.08. The molecule has 7 heteroatoms. The van der Waals surface area contributed by atoms with Gasteiger partial charge in [-0.15, -0.1) is 0 Å². The molecule has 0 saturated carbocycles. The smallest absolute Gasteiger partial charge is 0.242 e. The maximum atomic E-state index is 12.2. The SMILES string of the molecule is CC(C)(CC(N)=O)NS(=O)(=O)c1ccccc1Br. The van der Waals surface area contributed by atoms with Gasteiger partial charge in [-0.1, -0.05) is 12.1 Å². The van der Waals surface area contributed by atoms with Crippen LogP contribution in [0.15, 0.2) is 33.6 Å². The van der Waals surface area contributed by atoms with E-state index >= 15 is 0 Å². The Morgan fingerprint density at radius 1 is 1.39 bits per heavy atom. The number of carbonyl (C=O) groups is 1. The summed E-state index contributed by atoms with van der Waals surface area (Å²) in [7, 11) is -3.70. The Hall–Kier alpha value is -0.920. The number of nitrogens with two attached hydrogens (primary N) is 1. The highest BCUT2D eigenvalue weighted by molar-refractivity contribution is 9.10. The van der Waals surface area contributed by atoms with Crippen LogP contribution in [0.4, 0.5) is 0 Å². The highest BCUT2D eigenvalue weighted by Gasteiger charge is 2.28. The van der Waals surface area contributed by atoms with Crippen molar-refractivity contribution in [2.45, 2.75) is 30.7 Å². The minimum absolute atomic E-state index is 0.0727. The average molecular weight is 335 g/mol. The molecular weight excluding hydrogens is 320 g/mol. The van der Waals surface area contributed by atoms with E-state index in [0.717, 1.165) is 0 Å². The Morgan fingerprint density at radius 3 is 2.44 bits per heavy atom. The second-order valence-electron chi connectivity index (χ2n) is 4.56. The molecule has 1 aromatic carbocycles. The molecule has 0 fully saturated rings. The molecule has 100 valence electrons. The number of hydrogen-bond donors (Lipinski definition) is 2. The molecule has 18 heavy (non-hydrogen) atoms. The molecular formula is C11H15BrN2O3S. The Balaban J connectivity index is 3.03. The quantitative estimate of drug-likeness (QED) is 0.852. The van der Waals surface area contributed by atoms with Gasteiger partial charge in [0.15, 0.2) is 0 Å². The lowest BCUT2D eigenvalue weighted by Crippen LogP contribution is -2.45. The van der Waals surface area contributed by atoms with Crippen molar-refractivity contribution in [2.75, 3.05) is 0 Å². The molecule has 0 heterocycles. The van der Waals surface area contributed by atoms with Crippen LogP contribution in [-0.2, 0) is 14.8 Å². The van der Waals surface area contributed by atoms with E-state index in [1.165, 1.54) is 6.07 Å². The average Bonchev–Trinajstić information content (AvgIpc) is 2.13. The maximum Gasteiger partial charge on any atom is 0.242 e. The van der Waals surface area contributed by atoms with Gasteiger partial charge in [0.1, 0.15) is 0 Å². The standard InChI is InChI=1S/C11H15BrN2O3S/c1-11(2,7-10(13)15)14-18(16,17)9-6-4-3-5-8(9)12/h3-6,14H,7H2,1-2H3,(H2,13,15). The van der Waals surface area contributed by atoms with Crippen LogP contribution in [-0.4, -0.2) is 19.9 Å². The molecule has 5 nitrogen and oxygen atoms in total. The zero-order valence-electron chi connectivity index (χ0n) is 10.1. The largest absolute Gasteiger partial charge is 0.370 e. The number of carbonyl (C=O) groups excluding carboxylic acids is 1. The van der Waals surface area contributed by atoms with Crippen molar-refractivity contribution >= 4 is 31.9 Å². The molecule has 0 radical (unpaired) electrons. The lowest BCUT2D eigenvalue weighted by atomic mass is 10.0. The highest BCUT2D eigenvalue weighted by atomic mass is 79.9. The number of amides is 1. The Labute approximate surface area is 115 Å². The molecule has 0 atom stereocenters. The molecule has 0 aromatic heterocycles. The van der Waals surface area contributed by atoms with Crippen molar-refractivity contribution in [1.29, 1.82) is 0 Å². The number of rotatable bonds is 5. The Kier molecular flexibility index (Phi) is 4.52. The van der Waals surface area contributed by atoms with Crippen LogP contribution in [0.3, 0.4) is 0 Å². The van der Waals surface area contributed by atoms with E-state index in [9.17, 15) is 13.2 Å².